The second-order valence-corrected chi connectivity index (χ2v) is 5.37. The van der Waals surface area contributed by atoms with Gasteiger partial charge in [0.25, 0.3) is 0 Å². The molecule has 0 aromatic carbocycles. The number of nitrogens with zero attached hydrogens (tertiary/aromatic N) is 1. The summed E-state index contributed by atoms with van der Waals surface area (Å²) in [6, 6.07) is 0. The summed E-state index contributed by atoms with van der Waals surface area (Å²) in [5.74, 6) is 0. The van der Waals surface area contributed by atoms with Crippen LogP contribution in [-0.4, -0.2) is 24.6 Å². The predicted octanol–water partition coefficient (Wildman–Crippen LogP) is 4.75. The Hall–Kier alpha value is -0.0800. The summed E-state index contributed by atoms with van der Waals surface area (Å²) < 4.78 is 0. The Morgan fingerprint density at radius 3 is 1.67 bits per heavy atom. The van der Waals surface area contributed by atoms with E-state index >= 15 is 0 Å². The van der Waals surface area contributed by atoms with Crippen molar-refractivity contribution in [1.29, 1.82) is 0 Å². The fourth-order valence-corrected chi connectivity index (χ4v) is 2.11. The van der Waals surface area contributed by atoms with E-state index in [9.17, 15) is 0 Å². The lowest BCUT2D eigenvalue weighted by molar-refractivity contribution is 0.180. The van der Waals surface area contributed by atoms with E-state index in [-0.39, 0.29) is 0 Å². The smallest absolute Gasteiger partial charge is 0.0130 e. The first kappa shape index (κ1) is 17.9. The Morgan fingerprint density at radius 1 is 0.611 bits per heavy atom. The molecule has 0 rings (SSSR count). The molecular weight excluding hydrogens is 220 g/mol. The molecule has 0 atom stereocenters. The van der Waals surface area contributed by atoms with Gasteiger partial charge in [-0.3, -0.25) is 5.43 Å². The van der Waals surface area contributed by atoms with Gasteiger partial charge in [0.05, 0.1) is 0 Å². The van der Waals surface area contributed by atoms with Crippen LogP contribution in [0, 0.1) is 0 Å². The third-order valence-electron chi connectivity index (χ3n) is 3.43. The first-order valence-electron chi connectivity index (χ1n) is 8.33. The highest BCUT2D eigenvalue weighted by molar-refractivity contribution is 4.54. The molecule has 0 aliphatic rings. The average Bonchev–Trinajstić information content (AvgIpc) is 2.40. The Balaban J connectivity index is 3.43. The zero-order valence-electron chi connectivity index (χ0n) is 13.1. The SMILES string of the molecule is CCCCCCCCNN(CCCC)CCCC. The van der Waals surface area contributed by atoms with Crippen molar-refractivity contribution in [3.8, 4) is 0 Å². The highest BCUT2D eigenvalue weighted by atomic mass is 15.5. The summed E-state index contributed by atoms with van der Waals surface area (Å²) in [5, 5.41) is 2.44. The lowest BCUT2D eigenvalue weighted by Gasteiger charge is -2.23. The van der Waals surface area contributed by atoms with Crippen LogP contribution in [0.3, 0.4) is 0 Å². The second-order valence-electron chi connectivity index (χ2n) is 5.37. The van der Waals surface area contributed by atoms with Gasteiger partial charge in [-0.1, -0.05) is 65.7 Å². The van der Waals surface area contributed by atoms with Crippen molar-refractivity contribution in [2.75, 3.05) is 19.6 Å². The molecule has 110 valence electrons. The quantitative estimate of drug-likeness (QED) is 0.356. The Bertz CT molecular complexity index is 140. The summed E-state index contributed by atoms with van der Waals surface area (Å²) >= 11 is 0. The minimum absolute atomic E-state index is 1.17. The van der Waals surface area contributed by atoms with E-state index in [4.69, 9.17) is 0 Å². The molecule has 0 aliphatic carbocycles. The first-order chi connectivity index (χ1) is 8.85. The standard InChI is InChI=1S/C16H36N2/c1-4-7-10-11-12-13-14-17-18(15-8-5-2)16-9-6-3/h17H,4-16H2,1-3H3. The molecule has 18 heavy (non-hydrogen) atoms. The van der Waals surface area contributed by atoms with Gasteiger partial charge in [-0.25, -0.2) is 5.01 Å². The van der Waals surface area contributed by atoms with Crippen molar-refractivity contribution in [1.82, 2.24) is 10.4 Å². The van der Waals surface area contributed by atoms with Gasteiger partial charge in [-0.05, 0) is 19.3 Å². The molecule has 2 heteroatoms. The fraction of sp³-hybridized carbons (Fsp3) is 1.00. The Morgan fingerprint density at radius 2 is 1.11 bits per heavy atom. The maximum absolute atomic E-state index is 3.61. The van der Waals surface area contributed by atoms with Crippen molar-refractivity contribution in [3.63, 3.8) is 0 Å². The zero-order chi connectivity index (χ0) is 13.5. The number of unbranched alkanes of at least 4 members (excludes halogenated alkanes) is 7. The van der Waals surface area contributed by atoms with E-state index in [2.05, 4.69) is 31.2 Å². The first-order valence-corrected chi connectivity index (χ1v) is 8.33. The van der Waals surface area contributed by atoms with Crippen LogP contribution in [0.4, 0.5) is 0 Å². The number of rotatable bonds is 14. The molecule has 0 aromatic heterocycles. The maximum atomic E-state index is 3.61. The van der Waals surface area contributed by atoms with Crippen LogP contribution >= 0.6 is 0 Å². The molecular formula is C16H36N2. The minimum atomic E-state index is 1.17. The Kier molecular flexibility index (Phi) is 14.9. The largest absolute Gasteiger partial charge is 0.255 e. The van der Waals surface area contributed by atoms with Gasteiger partial charge in [0.15, 0.2) is 0 Å². The van der Waals surface area contributed by atoms with E-state index in [1.807, 2.05) is 0 Å². The van der Waals surface area contributed by atoms with Crippen LogP contribution in [0.25, 0.3) is 0 Å². The highest BCUT2D eigenvalue weighted by Gasteiger charge is 2.02. The number of hydrogen-bond donors (Lipinski definition) is 1. The topological polar surface area (TPSA) is 15.3 Å². The zero-order valence-corrected chi connectivity index (χ0v) is 13.1. The molecule has 1 N–H and O–H groups in total. The van der Waals surface area contributed by atoms with Gasteiger partial charge in [0.2, 0.25) is 0 Å². The van der Waals surface area contributed by atoms with Gasteiger partial charge in [0.1, 0.15) is 0 Å². The summed E-state index contributed by atoms with van der Waals surface area (Å²) in [6.07, 6.45) is 13.5. The molecule has 0 spiro atoms. The summed E-state index contributed by atoms with van der Waals surface area (Å²) in [5.41, 5.74) is 3.61. The normalized spacial score (nSPS) is 11.3. The van der Waals surface area contributed by atoms with Crippen LogP contribution in [0.15, 0.2) is 0 Å². The van der Waals surface area contributed by atoms with Crippen LogP contribution in [0.5, 0.6) is 0 Å². The number of hydrogen-bond acceptors (Lipinski definition) is 2. The molecule has 0 fully saturated rings. The van der Waals surface area contributed by atoms with E-state index in [1.165, 1.54) is 83.8 Å². The van der Waals surface area contributed by atoms with Gasteiger partial charge in [-0.15, -0.1) is 0 Å². The average molecular weight is 256 g/mol. The number of nitrogens with one attached hydrogen (secondary N) is 1. The Labute approximate surface area is 115 Å². The molecule has 0 heterocycles. The van der Waals surface area contributed by atoms with Gasteiger partial charge in [-0.2, -0.15) is 0 Å². The molecule has 0 aromatic rings. The van der Waals surface area contributed by atoms with Crippen molar-refractivity contribution in [2.24, 2.45) is 0 Å². The third kappa shape index (κ3) is 12.4. The van der Waals surface area contributed by atoms with E-state index in [1.54, 1.807) is 0 Å². The number of hydrazine groups is 1. The van der Waals surface area contributed by atoms with Crippen LogP contribution in [-0.2, 0) is 0 Å². The van der Waals surface area contributed by atoms with Gasteiger partial charge < -0.3 is 0 Å². The predicted molar refractivity (Wildman–Crippen MR) is 82.8 cm³/mol. The van der Waals surface area contributed by atoms with Crippen molar-refractivity contribution < 1.29 is 0 Å². The molecule has 0 bridgehead atoms. The van der Waals surface area contributed by atoms with Gasteiger partial charge >= 0.3 is 0 Å². The summed E-state index contributed by atoms with van der Waals surface area (Å²) in [4.78, 5) is 0. The molecule has 0 saturated heterocycles. The van der Waals surface area contributed by atoms with E-state index in [0.717, 1.165) is 0 Å². The lowest BCUT2D eigenvalue weighted by atomic mass is 10.1. The summed E-state index contributed by atoms with van der Waals surface area (Å²) in [7, 11) is 0. The lowest BCUT2D eigenvalue weighted by Crippen LogP contribution is -2.40. The molecule has 0 saturated carbocycles. The van der Waals surface area contributed by atoms with E-state index < -0.39 is 0 Å². The molecule has 0 unspecified atom stereocenters. The second kappa shape index (κ2) is 15.0. The third-order valence-corrected chi connectivity index (χ3v) is 3.43. The summed E-state index contributed by atoms with van der Waals surface area (Å²) in [6.45, 7) is 10.4. The van der Waals surface area contributed by atoms with Crippen molar-refractivity contribution in [2.45, 2.75) is 85.0 Å². The van der Waals surface area contributed by atoms with Gasteiger partial charge in [0, 0.05) is 19.6 Å². The molecule has 0 radical (unpaired) electrons. The molecule has 0 amide bonds. The molecule has 2 nitrogen and oxygen atoms in total. The highest BCUT2D eigenvalue weighted by Crippen LogP contribution is 2.04. The molecule has 0 aliphatic heterocycles. The fourth-order valence-electron chi connectivity index (χ4n) is 2.11. The van der Waals surface area contributed by atoms with E-state index in [0.29, 0.717) is 0 Å². The monoisotopic (exact) mass is 256 g/mol. The van der Waals surface area contributed by atoms with Crippen LogP contribution in [0.2, 0.25) is 0 Å². The van der Waals surface area contributed by atoms with Crippen molar-refractivity contribution in [3.05, 3.63) is 0 Å². The maximum Gasteiger partial charge on any atom is 0.0130 e. The minimum Gasteiger partial charge on any atom is -0.255 e. The van der Waals surface area contributed by atoms with Crippen LogP contribution < -0.4 is 5.43 Å². The van der Waals surface area contributed by atoms with Crippen molar-refractivity contribution >= 4 is 0 Å². The van der Waals surface area contributed by atoms with Crippen LogP contribution in [0.1, 0.15) is 85.0 Å².